The highest BCUT2D eigenvalue weighted by molar-refractivity contribution is 6.27. The largest absolute Gasteiger partial charge is 0.374 e. The van der Waals surface area contributed by atoms with Gasteiger partial charge >= 0.3 is 0 Å². The van der Waals surface area contributed by atoms with Crippen molar-refractivity contribution in [3.8, 4) is 0 Å². The van der Waals surface area contributed by atoms with Crippen LogP contribution in [0.15, 0.2) is 24.3 Å². The van der Waals surface area contributed by atoms with Crippen LogP contribution in [0.25, 0.3) is 10.8 Å². The molecule has 0 saturated heterocycles. The number of anilines is 2. The molecule has 0 saturated carbocycles. The molecule has 4 rings (SSSR count). The third kappa shape index (κ3) is 1.65. The van der Waals surface area contributed by atoms with Crippen molar-refractivity contribution in [2.75, 3.05) is 23.4 Å². The van der Waals surface area contributed by atoms with Crippen LogP contribution in [0.5, 0.6) is 0 Å². The first-order valence-corrected chi connectivity index (χ1v) is 8.26. The first-order chi connectivity index (χ1) is 10.6. The Kier molecular flexibility index (Phi) is 2.93. The molecule has 0 spiro atoms. The lowest BCUT2D eigenvalue weighted by Gasteiger charge is -2.26. The highest BCUT2D eigenvalue weighted by atomic mass is 16.2. The molecule has 3 nitrogen and oxygen atoms in total. The van der Waals surface area contributed by atoms with Crippen molar-refractivity contribution in [2.45, 2.75) is 39.2 Å². The Balaban J connectivity index is 1.99. The maximum Gasteiger partial charge on any atom is 0.259 e. The van der Waals surface area contributed by atoms with Crippen molar-refractivity contribution in [3.63, 3.8) is 0 Å². The highest BCUT2D eigenvalue weighted by Crippen LogP contribution is 2.46. The number of hydrogen-bond donors (Lipinski definition) is 0. The van der Waals surface area contributed by atoms with Crippen LogP contribution in [0, 0.1) is 0 Å². The van der Waals surface area contributed by atoms with Crippen LogP contribution in [0.4, 0.5) is 11.4 Å². The summed E-state index contributed by atoms with van der Waals surface area (Å²) >= 11 is 0. The molecule has 114 valence electrons. The first kappa shape index (κ1) is 13.6. The number of carbonyl (C=O) groups is 1. The van der Waals surface area contributed by atoms with E-state index < -0.39 is 0 Å². The van der Waals surface area contributed by atoms with Gasteiger partial charge in [0, 0.05) is 41.7 Å². The average Bonchev–Trinajstić information content (AvgIpc) is 3.01. The van der Waals surface area contributed by atoms with Gasteiger partial charge in [-0.1, -0.05) is 25.5 Å². The number of benzene rings is 2. The molecular formula is C19H22N2O. The third-order valence-electron chi connectivity index (χ3n) is 5.15. The summed E-state index contributed by atoms with van der Waals surface area (Å²) in [6.07, 6.45) is 3.21. The zero-order chi connectivity index (χ0) is 15.4. The van der Waals surface area contributed by atoms with E-state index in [1.807, 2.05) is 17.0 Å². The summed E-state index contributed by atoms with van der Waals surface area (Å²) in [5, 5.41) is 2.40. The monoisotopic (exact) mass is 294 g/mol. The lowest BCUT2D eigenvalue weighted by Crippen LogP contribution is -2.35. The van der Waals surface area contributed by atoms with Gasteiger partial charge in [0.1, 0.15) is 0 Å². The molecule has 22 heavy (non-hydrogen) atoms. The van der Waals surface area contributed by atoms with E-state index in [4.69, 9.17) is 0 Å². The Labute approximate surface area is 131 Å². The highest BCUT2D eigenvalue weighted by Gasteiger charge is 2.35. The minimum atomic E-state index is 0.174. The van der Waals surface area contributed by atoms with Gasteiger partial charge in [0.15, 0.2) is 0 Å². The molecule has 2 aromatic carbocycles. The van der Waals surface area contributed by atoms with E-state index in [2.05, 4.69) is 37.9 Å². The first-order valence-electron chi connectivity index (χ1n) is 8.26. The molecule has 1 atom stereocenters. The maximum absolute atomic E-state index is 12.9. The van der Waals surface area contributed by atoms with Gasteiger partial charge in [0.25, 0.3) is 5.91 Å². The van der Waals surface area contributed by atoms with Crippen molar-refractivity contribution in [3.05, 3.63) is 35.4 Å². The zero-order valence-electron chi connectivity index (χ0n) is 13.5. The molecule has 0 N–H and O–H groups in total. The molecule has 1 unspecified atom stereocenters. The van der Waals surface area contributed by atoms with Crippen LogP contribution >= 0.6 is 0 Å². The summed E-state index contributed by atoms with van der Waals surface area (Å²) in [6.45, 7) is 5.41. The summed E-state index contributed by atoms with van der Waals surface area (Å²) < 4.78 is 0. The summed E-state index contributed by atoms with van der Waals surface area (Å²) in [5.74, 6) is 0.174. The molecular weight excluding hydrogens is 272 g/mol. The predicted octanol–water partition coefficient (Wildman–Crippen LogP) is 3.98. The fourth-order valence-electron chi connectivity index (χ4n) is 4.14. The van der Waals surface area contributed by atoms with Crippen molar-refractivity contribution in [1.29, 1.82) is 0 Å². The molecule has 3 heteroatoms. The van der Waals surface area contributed by atoms with E-state index in [0.29, 0.717) is 0 Å². The number of fused-ring (bicyclic) bond motifs is 2. The second kappa shape index (κ2) is 4.73. The number of amides is 1. The Morgan fingerprint density at radius 3 is 2.91 bits per heavy atom. The van der Waals surface area contributed by atoms with Crippen molar-refractivity contribution in [2.24, 2.45) is 0 Å². The van der Waals surface area contributed by atoms with E-state index in [1.165, 1.54) is 16.6 Å². The third-order valence-corrected chi connectivity index (χ3v) is 5.15. The van der Waals surface area contributed by atoms with Gasteiger partial charge in [-0.15, -0.1) is 0 Å². The molecule has 0 aromatic heterocycles. The van der Waals surface area contributed by atoms with Gasteiger partial charge in [0.2, 0.25) is 0 Å². The fraction of sp³-hybridized carbons (Fsp3) is 0.421. The summed E-state index contributed by atoms with van der Waals surface area (Å²) in [5.41, 5.74) is 4.70. The van der Waals surface area contributed by atoms with Crippen LogP contribution in [-0.2, 0) is 6.42 Å². The summed E-state index contributed by atoms with van der Waals surface area (Å²) in [7, 11) is 2.15. The number of rotatable bonds is 3. The smallest absolute Gasteiger partial charge is 0.259 e. The van der Waals surface area contributed by atoms with E-state index >= 15 is 0 Å². The predicted molar refractivity (Wildman–Crippen MR) is 92.1 cm³/mol. The van der Waals surface area contributed by atoms with Gasteiger partial charge in [0.05, 0.1) is 5.69 Å². The molecule has 0 radical (unpaired) electrons. The van der Waals surface area contributed by atoms with Crippen LogP contribution in [-0.4, -0.2) is 25.5 Å². The van der Waals surface area contributed by atoms with Gasteiger partial charge in [-0.25, -0.2) is 0 Å². The van der Waals surface area contributed by atoms with Crippen molar-refractivity contribution < 1.29 is 4.79 Å². The normalized spacial score (nSPS) is 17.5. The minimum absolute atomic E-state index is 0.174. The van der Waals surface area contributed by atoms with Crippen LogP contribution in [0.1, 0.15) is 42.6 Å². The standard InChI is InChI=1S/C19H22N2O/c1-4-6-12(2)21-16-11-13-9-10-20(3)18(13)14-7-5-8-15(17(14)16)19(21)22/h5,7-8,11-12H,4,6,9-10H2,1-3H3. The van der Waals surface area contributed by atoms with Crippen LogP contribution in [0.3, 0.4) is 0 Å². The van der Waals surface area contributed by atoms with E-state index in [9.17, 15) is 4.79 Å². The maximum atomic E-state index is 12.9. The van der Waals surface area contributed by atoms with Crippen LogP contribution in [0.2, 0.25) is 0 Å². The van der Waals surface area contributed by atoms with E-state index in [-0.39, 0.29) is 11.9 Å². The number of nitrogens with zero attached hydrogens (tertiary/aromatic N) is 2. The van der Waals surface area contributed by atoms with E-state index in [0.717, 1.165) is 42.4 Å². The molecule has 1 amide bonds. The lowest BCUT2D eigenvalue weighted by atomic mass is 10.00. The minimum Gasteiger partial charge on any atom is -0.374 e. The summed E-state index contributed by atoms with van der Waals surface area (Å²) in [4.78, 5) is 17.3. The second-order valence-corrected chi connectivity index (χ2v) is 6.62. The topological polar surface area (TPSA) is 23.6 Å². The number of likely N-dealkylation sites (N-methyl/N-ethyl adjacent to an activating group) is 1. The molecule has 2 aliphatic heterocycles. The van der Waals surface area contributed by atoms with E-state index in [1.54, 1.807) is 0 Å². The van der Waals surface area contributed by atoms with Crippen molar-refractivity contribution >= 4 is 28.1 Å². The summed E-state index contributed by atoms with van der Waals surface area (Å²) in [6, 6.07) is 8.70. The van der Waals surface area contributed by atoms with Gasteiger partial charge < -0.3 is 9.80 Å². The molecule has 2 aromatic rings. The van der Waals surface area contributed by atoms with Gasteiger partial charge in [-0.05, 0) is 37.5 Å². The number of hydrogen-bond acceptors (Lipinski definition) is 2. The van der Waals surface area contributed by atoms with Gasteiger partial charge in [-0.2, -0.15) is 0 Å². The Morgan fingerprint density at radius 2 is 2.14 bits per heavy atom. The van der Waals surface area contributed by atoms with Crippen molar-refractivity contribution in [1.82, 2.24) is 0 Å². The second-order valence-electron chi connectivity index (χ2n) is 6.62. The average molecular weight is 294 g/mol. The Morgan fingerprint density at radius 1 is 1.32 bits per heavy atom. The molecule has 0 bridgehead atoms. The Hall–Kier alpha value is -2.03. The molecule has 2 heterocycles. The zero-order valence-corrected chi connectivity index (χ0v) is 13.5. The molecule has 0 fully saturated rings. The lowest BCUT2D eigenvalue weighted by molar-refractivity contribution is 0.0984. The quantitative estimate of drug-likeness (QED) is 0.855. The van der Waals surface area contributed by atoms with Gasteiger partial charge in [-0.3, -0.25) is 4.79 Å². The molecule has 0 aliphatic carbocycles. The van der Waals surface area contributed by atoms with Crippen LogP contribution < -0.4 is 9.80 Å². The number of carbonyl (C=O) groups excluding carboxylic acids is 1. The molecule has 2 aliphatic rings. The SMILES string of the molecule is CCCC(C)N1C(=O)c2cccc3c4c(cc1c23)CCN4C. The fourth-order valence-corrected chi connectivity index (χ4v) is 4.14. The Bertz CT molecular complexity index is 781.